The molecule has 0 spiro atoms. The molecule has 0 radical (unpaired) electrons. The van der Waals surface area contributed by atoms with Gasteiger partial charge in [-0.15, -0.1) is 0 Å². The molecule has 1 saturated carbocycles. The second-order valence-corrected chi connectivity index (χ2v) is 5.46. The zero-order chi connectivity index (χ0) is 13.9. The van der Waals surface area contributed by atoms with Gasteiger partial charge >= 0.3 is 0 Å². The maximum atomic E-state index is 12.6. The fraction of sp³-hybridized carbons (Fsp3) is 0.733. The number of methoxy groups -OCH3 is 1. The number of ketones is 1. The van der Waals surface area contributed by atoms with Crippen LogP contribution in [0.3, 0.4) is 0 Å². The van der Waals surface area contributed by atoms with Gasteiger partial charge in [-0.3, -0.25) is 9.48 Å². The van der Waals surface area contributed by atoms with E-state index >= 15 is 0 Å². The van der Waals surface area contributed by atoms with Crippen molar-refractivity contribution < 1.29 is 9.53 Å². The third-order valence-electron chi connectivity index (χ3n) is 4.29. The van der Waals surface area contributed by atoms with Crippen LogP contribution in [0.15, 0.2) is 6.07 Å². The van der Waals surface area contributed by atoms with Gasteiger partial charge in [0.2, 0.25) is 0 Å². The Morgan fingerprint density at radius 2 is 2.11 bits per heavy atom. The van der Waals surface area contributed by atoms with E-state index in [1.807, 2.05) is 17.8 Å². The van der Waals surface area contributed by atoms with E-state index in [9.17, 15) is 4.79 Å². The van der Waals surface area contributed by atoms with Crippen molar-refractivity contribution in [1.29, 1.82) is 0 Å². The number of rotatable bonds is 5. The monoisotopic (exact) mass is 264 g/mol. The van der Waals surface area contributed by atoms with E-state index in [1.54, 1.807) is 7.11 Å². The molecule has 1 aromatic rings. The summed E-state index contributed by atoms with van der Waals surface area (Å²) in [5.74, 6) is 0.209. The van der Waals surface area contributed by atoms with Crippen LogP contribution in [-0.2, 0) is 29.4 Å². The molecular weight excluding hydrogens is 240 g/mol. The number of hydrogen-bond acceptors (Lipinski definition) is 3. The van der Waals surface area contributed by atoms with Gasteiger partial charge in [0.15, 0.2) is 5.78 Å². The fourth-order valence-corrected chi connectivity index (χ4v) is 2.95. The highest BCUT2D eigenvalue weighted by atomic mass is 16.5. The van der Waals surface area contributed by atoms with E-state index in [0.717, 1.165) is 43.5 Å². The quantitative estimate of drug-likeness (QED) is 0.820. The Morgan fingerprint density at radius 1 is 1.42 bits per heavy atom. The predicted molar refractivity (Wildman–Crippen MR) is 74.1 cm³/mol. The lowest BCUT2D eigenvalue weighted by Gasteiger charge is -2.34. The first kappa shape index (κ1) is 14.3. The average molecular weight is 264 g/mol. The van der Waals surface area contributed by atoms with Crippen molar-refractivity contribution in [2.75, 3.05) is 7.11 Å². The van der Waals surface area contributed by atoms with Crippen molar-refractivity contribution >= 4 is 5.78 Å². The van der Waals surface area contributed by atoms with Crippen LogP contribution in [0.4, 0.5) is 0 Å². The Bertz CT molecular complexity index is 445. The van der Waals surface area contributed by atoms with Gasteiger partial charge in [0.1, 0.15) is 5.60 Å². The molecule has 1 heterocycles. The van der Waals surface area contributed by atoms with Gasteiger partial charge in [-0.25, -0.2) is 0 Å². The molecule has 0 amide bonds. The minimum atomic E-state index is -0.547. The Kier molecular flexibility index (Phi) is 4.40. The highest BCUT2D eigenvalue weighted by Gasteiger charge is 2.39. The van der Waals surface area contributed by atoms with Crippen LogP contribution >= 0.6 is 0 Å². The molecule has 1 aliphatic rings. The summed E-state index contributed by atoms with van der Waals surface area (Å²) in [6.45, 7) is 2.08. The third-order valence-corrected chi connectivity index (χ3v) is 4.29. The molecule has 1 aromatic heterocycles. The van der Waals surface area contributed by atoms with Gasteiger partial charge in [0.05, 0.1) is 12.1 Å². The van der Waals surface area contributed by atoms with Crippen molar-refractivity contribution in [2.45, 2.75) is 57.5 Å². The van der Waals surface area contributed by atoms with E-state index in [4.69, 9.17) is 4.74 Å². The molecule has 0 unspecified atom stereocenters. The number of nitrogens with zero attached hydrogens (tertiary/aromatic N) is 2. The number of carbonyl (C=O) groups excluding carboxylic acids is 1. The zero-order valence-corrected chi connectivity index (χ0v) is 12.2. The summed E-state index contributed by atoms with van der Waals surface area (Å²) in [5.41, 5.74) is 1.48. The topological polar surface area (TPSA) is 44.1 Å². The molecule has 106 valence electrons. The Morgan fingerprint density at radius 3 is 2.63 bits per heavy atom. The Labute approximate surface area is 115 Å². The van der Waals surface area contributed by atoms with Crippen LogP contribution < -0.4 is 0 Å². The van der Waals surface area contributed by atoms with Gasteiger partial charge in [-0.2, -0.15) is 5.10 Å². The minimum absolute atomic E-state index is 0.209. The van der Waals surface area contributed by atoms with E-state index in [-0.39, 0.29) is 5.78 Å². The number of Topliss-reactive ketones (excluding diaryl/α,β-unsaturated/α-hetero) is 1. The normalized spacial score (nSPS) is 18.5. The van der Waals surface area contributed by atoms with Crippen LogP contribution in [0.2, 0.25) is 0 Å². The van der Waals surface area contributed by atoms with Crippen molar-refractivity contribution in [3.63, 3.8) is 0 Å². The van der Waals surface area contributed by atoms with Crippen molar-refractivity contribution in [3.8, 4) is 0 Å². The summed E-state index contributed by atoms with van der Waals surface area (Å²) >= 11 is 0. The first-order valence-electron chi connectivity index (χ1n) is 7.21. The molecule has 1 aliphatic carbocycles. The number of carbonyl (C=O) groups is 1. The van der Waals surface area contributed by atoms with Crippen LogP contribution in [0, 0.1) is 0 Å². The summed E-state index contributed by atoms with van der Waals surface area (Å²) in [5, 5.41) is 4.40. The molecular formula is C15H24N2O2. The highest BCUT2D eigenvalue weighted by Crippen LogP contribution is 2.32. The van der Waals surface area contributed by atoms with E-state index in [2.05, 4.69) is 12.0 Å². The van der Waals surface area contributed by atoms with Crippen molar-refractivity contribution in [1.82, 2.24) is 9.78 Å². The first-order chi connectivity index (χ1) is 9.11. The number of aryl methyl sites for hydroxylation is 2. The van der Waals surface area contributed by atoms with Crippen LogP contribution in [0.25, 0.3) is 0 Å². The van der Waals surface area contributed by atoms with Gasteiger partial charge in [-0.05, 0) is 25.3 Å². The average Bonchev–Trinajstić information content (AvgIpc) is 2.80. The Balaban J connectivity index is 2.12. The second kappa shape index (κ2) is 5.87. The zero-order valence-electron chi connectivity index (χ0n) is 12.2. The molecule has 0 N–H and O–H groups in total. The third kappa shape index (κ3) is 2.89. The fourth-order valence-electron chi connectivity index (χ4n) is 2.95. The standard InChI is InChI=1S/C15H24N2O2/c1-4-12-10-13(17(2)16-12)11-14(18)15(19-3)8-6-5-7-9-15/h10H,4-9,11H2,1-3H3. The van der Waals surface area contributed by atoms with E-state index in [0.29, 0.717) is 6.42 Å². The molecule has 4 nitrogen and oxygen atoms in total. The minimum Gasteiger partial charge on any atom is -0.370 e. The predicted octanol–water partition coefficient (Wildman–Crippen LogP) is 2.44. The lowest BCUT2D eigenvalue weighted by molar-refractivity contribution is -0.144. The van der Waals surface area contributed by atoms with Crippen molar-refractivity contribution in [3.05, 3.63) is 17.5 Å². The van der Waals surface area contributed by atoms with E-state index in [1.165, 1.54) is 6.42 Å². The van der Waals surface area contributed by atoms with Crippen molar-refractivity contribution in [2.24, 2.45) is 7.05 Å². The molecule has 19 heavy (non-hydrogen) atoms. The SMILES string of the molecule is CCc1cc(CC(=O)C2(OC)CCCCC2)n(C)n1. The molecule has 0 atom stereocenters. The molecule has 0 aromatic carbocycles. The van der Waals surface area contributed by atoms with Gasteiger partial charge < -0.3 is 4.74 Å². The smallest absolute Gasteiger partial charge is 0.170 e. The number of ether oxygens (including phenoxy) is 1. The summed E-state index contributed by atoms with van der Waals surface area (Å²) in [4.78, 5) is 12.6. The first-order valence-corrected chi connectivity index (χ1v) is 7.21. The van der Waals surface area contributed by atoms with Crippen LogP contribution in [0.1, 0.15) is 50.4 Å². The summed E-state index contributed by atoms with van der Waals surface area (Å²) in [6, 6.07) is 2.03. The Hall–Kier alpha value is -1.16. The van der Waals surface area contributed by atoms with Crippen LogP contribution in [0.5, 0.6) is 0 Å². The van der Waals surface area contributed by atoms with E-state index < -0.39 is 5.60 Å². The summed E-state index contributed by atoms with van der Waals surface area (Å²) in [7, 11) is 3.58. The highest BCUT2D eigenvalue weighted by molar-refractivity contribution is 5.89. The molecule has 0 bridgehead atoms. The number of hydrogen-bond donors (Lipinski definition) is 0. The second-order valence-electron chi connectivity index (χ2n) is 5.46. The largest absolute Gasteiger partial charge is 0.370 e. The maximum absolute atomic E-state index is 12.6. The maximum Gasteiger partial charge on any atom is 0.170 e. The molecule has 0 aliphatic heterocycles. The molecule has 2 rings (SSSR count). The van der Waals surface area contributed by atoms with Gasteiger partial charge in [0.25, 0.3) is 0 Å². The molecule has 4 heteroatoms. The molecule has 1 fully saturated rings. The number of aromatic nitrogens is 2. The summed E-state index contributed by atoms with van der Waals surface area (Å²) < 4.78 is 7.43. The van der Waals surface area contributed by atoms with Gasteiger partial charge in [0, 0.05) is 19.9 Å². The molecule has 0 saturated heterocycles. The lowest BCUT2D eigenvalue weighted by Crippen LogP contribution is -2.43. The van der Waals surface area contributed by atoms with Crippen LogP contribution in [-0.4, -0.2) is 28.3 Å². The van der Waals surface area contributed by atoms with Gasteiger partial charge in [-0.1, -0.05) is 26.2 Å². The lowest BCUT2D eigenvalue weighted by atomic mass is 9.80. The summed E-state index contributed by atoms with van der Waals surface area (Å²) in [6.07, 6.45) is 6.44.